The summed E-state index contributed by atoms with van der Waals surface area (Å²) in [5.74, 6) is 0. The van der Waals surface area contributed by atoms with Crippen LogP contribution < -0.4 is 0 Å². The van der Waals surface area contributed by atoms with Crippen molar-refractivity contribution in [3.05, 3.63) is 0 Å². The van der Waals surface area contributed by atoms with Crippen LogP contribution in [0.4, 0.5) is 0 Å². The first-order valence-corrected chi connectivity index (χ1v) is 8.08. The molecule has 0 aliphatic carbocycles. The molecule has 0 saturated carbocycles. The minimum Gasteiger partial charge on any atom is -0.303 e. The molecule has 0 aromatic rings. The highest BCUT2D eigenvalue weighted by Crippen LogP contribution is 2.13. The smallest absolute Gasteiger partial charge is 0.0126 e. The molecule has 0 heterocycles. The first-order chi connectivity index (χ1) is 8.88. The zero-order valence-electron chi connectivity index (χ0n) is 14.5. The summed E-state index contributed by atoms with van der Waals surface area (Å²) in [4.78, 5) is 7.65. The molecule has 0 saturated heterocycles. The number of rotatable bonds is 10. The van der Waals surface area contributed by atoms with Crippen LogP contribution in [0.15, 0.2) is 0 Å². The Labute approximate surface area is 121 Å². The van der Waals surface area contributed by atoms with Gasteiger partial charge in [0.1, 0.15) is 0 Å². The third-order valence-corrected chi connectivity index (χ3v) is 4.11. The molecule has 0 spiro atoms. The van der Waals surface area contributed by atoms with E-state index in [1.807, 2.05) is 0 Å². The molecule has 0 amide bonds. The van der Waals surface area contributed by atoms with Crippen LogP contribution in [0.25, 0.3) is 0 Å². The normalized spacial score (nSPS) is 12.9. The van der Waals surface area contributed by atoms with Gasteiger partial charge in [0.15, 0.2) is 0 Å². The van der Waals surface area contributed by atoms with E-state index in [4.69, 9.17) is 0 Å². The summed E-state index contributed by atoms with van der Waals surface area (Å²) in [5, 5.41) is 0. The molecule has 0 radical (unpaired) electrons. The number of hydrogen-bond acceptors (Lipinski definition) is 3. The van der Waals surface area contributed by atoms with Crippen LogP contribution in [0.1, 0.15) is 48.5 Å². The van der Waals surface area contributed by atoms with Crippen molar-refractivity contribution in [3.63, 3.8) is 0 Å². The van der Waals surface area contributed by atoms with Crippen molar-refractivity contribution in [2.75, 3.05) is 52.4 Å². The molecule has 0 rings (SSSR count). The van der Waals surface area contributed by atoms with Crippen molar-refractivity contribution in [1.29, 1.82) is 0 Å². The fourth-order valence-electron chi connectivity index (χ4n) is 2.39. The third-order valence-electron chi connectivity index (χ3n) is 4.11. The second-order valence-corrected chi connectivity index (χ2v) is 6.21. The van der Waals surface area contributed by atoms with E-state index in [2.05, 4.69) is 63.2 Å². The summed E-state index contributed by atoms with van der Waals surface area (Å²) >= 11 is 0. The number of nitrogens with zero attached hydrogens (tertiary/aromatic N) is 3. The lowest BCUT2D eigenvalue weighted by Gasteiger charge is -2.38. The lowest BCUT2D eigenvalue weighted by atomic mass is 10.1. The van der Waals surface area contributed by atoms with E-state index in [9.17, 15) is 0 Å². The van der Waals surface area contributed by atoms with E-state index >= 15 is 0 Å². The molecule has 0 aromatic heterocycles. The summed E-state index contributed by atoms with van der Waals surface area (Å²) in [6.45, 7) is 25.3. The van der Waals surface area contributed by atoms with Gasteiger partial charge in [-0.1, -0.05) is 27.7 Å². The Hall–Kier alpha value is -0.120. The lowest BCUT2D eigenvalue weighted by molar-refractivity contribution is 0.102. The van der Waals surface area contributed by atoms with Gasteiger partial charge in [-0.3, -0.25) is 4.90 Å². The molecule has 3 nitrogen and oxygen atoms in total. The first kappa shape index (κ1) is 18.9. The molecule has 0 N–H and O–H groups in total. The highest BCUT2D eigenvalue weighted by molar-refractivity contribution is 4.78. The Morgan fingerprint density at radius 1 is 0.579 bits per heavy atom. The topological polar surface area (TPSA) is 9.72 Å². The van der Waals surface area contributed by atoms with Gasteiger partial charge >= 0.3 is 0 Å². The number of hydrogen-bond donors (Lipinski definition) is 0. The van der Waals surface area contributed by atoms with Gasteiger partial charge in [-0.2, -0.15) is 0 Å². The predicted molar refractivity (Wildman–Crippen MR) is 86.9 cm³/mol. The minimum atomic E-state index is 0.264. The van der Waals surface area contributed by atoms with Gasteiger partial charge in [-0.05, 0) is 47.0 Å². The third kappa shape index (κ3) is 7.91. The molecule has 0 aliphatic rings. The van der Waals surface area contributed by atoms with Crippen molar-refractivity contribution in [1.82, 2.24) is 14.7 Å². The largest absolute Gasteiger partial charge is 0.303 e. The Bertz CT molecular complexity index is 187. The summed E-state index contributed by atoms with van der Waals surface area (Å²) in [7, 11) is 0. The summed E-state index contributed by atoms with van der Waals surface area (Å²) in [6.07, 6.45) is 0. The van der Waals surface area contributed by atoms with Gasteiger partial charge in [-0.15, -0.1) is 0 Å². The molecule has 0 atom stereocenters. The summed E-state index contributed by atoms with van der Waals surface area (Å²) < 4.78 is 0. The van der Waals surface area contributed by atoms with Crippen LogP contribution in [-0.4, -0.2) is 72.6 Å². The van der Waals surface area contributed by atoms with Crippen molar-refractivity contribution < 1.29 is 0 Å². The van der Waals surface area contributed by atoms with Crippen molar-refractivity contribution >= 4 is 0 Å². The average Bonchev–Trinajstić information content (AvgIpc) is 2.36. The zero-order chi connectivity index (χ0) is 14.9. The van der Waals surface area contributed by atoms with E-state index in [0.717, 1.165) is 26.2 Å². The molecule has 116 valence electrons. The fraction of sp³-hybridized carbons (Fsp3) is 1.00. The average molecular weight is 271 g/mol. The maximum absolute atomic E-state index is 2.63. The minimum absolute atomic E-state index is 0.264. The van der Waals surface area contributed by atoms with Crippen LogP contribution >= 0.6 is 0 Å². The van der Waals surface area contributed by atoms with Gasteiger partial charge in [0.25, 0.3) is 0 Å². The highest BCUT2D eigenvalue weighted by atomic mass is 15.2. The zero-order valence-corrected chi connectivity index (χ0v) is 14.5. The molecule has 3 heteroatoms. The second kappa shape index (κ2) is 9.73. The first-order valence-electron chi connectivity index (χ1n) is 8.08. The lowest BCUT2D eigenvalue weighted by Crippen LogP contribution is -2.48. The Balaban J connectivity index is 4.32. The Morgan fingerprint density at radius 2 is 0.895 bits per heavy atom. The maximum atomic E-state index is 2.63. The molecule has 0 fully saturated rings. The van der Waals surface area contributed by atoms with Crippen LogP contribution in [0.5, 0.6) is 0 Å². The van der Waals surface area contributed by atoms with Crippen LogP contribution in [-0.2, 0) is 0 Å². The van der Waals surface area contributed by atoms with Gasteiger partial charge < -0.3 is 9.80 Å². The fourth-order valence-corrected chi connectivity index (χ4v) is 2.39. The van der Waals surface area contributed by atoms with E-state index in [1.165, 1.54) is 26.2 Å². The van der Waals surface area contributed by atoms with E-state index in [-0.39, 0.29) is 5.54 Å². The molecule has 0 aromatic carbocycles. The second-order valence-electron chi connectivity index (χ2n) is 6.21. The molecule has 0 bridgehead atoms. The van der Waals surface area contributed by atoms with Gasteiger partial charge in [0.05, 0.1) is 0 Å². The maximum Gasteiger partial charge on any atom is 0.0126 e. The SMILES string of the molecule is CCN(CC)CCN(CCN(CC)CC)C(C)(C)C. The van der Waals surface area contributed by atoms with Crippen molar-refractivity contribution in [2.45, 2.75) is 54.0 Å². The monoisotopic (exact) mass is 271 g/mol. The molecule has 0 aliphatic heterocycles. The molecule has 19 heavy (non-hydrogen) atoms. The van der Waals surface area contributed by atoms with Gasteiger partial charge in [0, 0.05) is 31.7 Å². The van der Waals surface area contributed by atoms with Crippen LogP contribution in [0.3, 0.4) is 0 Å². The van der Waals surface area contributed by atoms with Crippen molar-refractivity contribution in [2.24, 2.45) is 0 Å². The predicted octanol–water partition coefficient (Wildman–Crippen LogP) is 2.77. The van der Waals surface area contributed by atoms with E-state index < -0.39 is 0 Å². The van der Waals surface area contributed by atoms with Crippen molar-refractivity contribution in [3.8, 4) is 0 Å². The van der Waals surface area contributed by atoms with E-state index in [1.54, 1.807) is 0 Å². The van der Waals surface area contributed by atoms with Gasteiger partial charge in [-0.25, -0.2) is 0 Å². The van der Waals surface area contributed by atoms with Gasteiger partial charge in [0.2, 0.25) is 0 Å². The molecular formula is C16H37N3. The van der Waals surface area contributed by atoms with Crippen LogP contribution in [0.2, 0.25) is 0 Å². The standard InChI is InChI=1S/C16H37N3/c1-8-17(9-2)12-14-19(16(5,6)7)15-13-18(10-3)11-4/h8-15H2,1-7H3. The Morgan fingerprint density at radius 3 is 1.11 bits per heavy atom. The summed E-state index contributed by atoms with van der Waals surface area (Å²) in [6, 6.07) is 0. The molecule has 0 unspecified atom stereocenters. The highest BCUT2D eigenvalue weighted by Gasteiger charge is 2.21. The summed E-state index contributed by atoms with van der Waals surface area (Å²) in [5.41, 5.74) is 0.264. The van der Waals surface area contributed by atoms with Crippen LogP contribution in [0, 0.1) is 0 Å². The Kier molecular flexibility index (Phi) is 9.67. The quantitative estimate of drug-likeness (QED) is 0.605. The number of likely N-dealkylation sites (N-methyl/N-ethyl adjacent to an activating group) is 2. The molecular weight excluding hydrogens is 234 g/mol. The van der Waals surface area contributed by atoms with E-state index in [0.29, 0.717) is 0 Å².